The van der Waals surface area contributed by atoms with Crippen molar-refractivity contribution in [3.8, 4) is 6.19 Å². The maximum absolute atomic E-state index is 12.4. The molecule has 4 heterocycles. The average Bonchev–Trinajstić information content (AvgIpc) is 3.38. The van der Waals surface area contributed by atoms with Crippen molar-refractivity contribution < 1.29 is 4.79 Å². The van der Waals surface area contributed by atoms with Crippen molar-refractivity contribution >= 4 is 11.7 Å². The zero-order valence-corrected chi connectivity index (χ0v) is 15.1. The molecule has 138 valence electrons. The summed E-state index contributed by atoms with van der Waals surface area (Å²) in [7, 11) is 0. The largest absolute Gasteiger partial charge is 0.350 e. The summed E-state index contributed by atoms with van der Waals surface area (Å²) in [4.78, 5) is 25.2. The molecule has 4 rings (SSSR count). The number of carbonyl (C=O) groups excluding carboxylic acids is 1. The standard InChI is InChI=1S/C20H22N6O/c21-14-25-10-7-17(13-25)24-20(27)16-5-6-19(23-12-16)26-9-2-4-18(26)15-3-1-8-22-11-15/h1,3,5-6,8,11-12,17-18H,2,4,7,9-10,13H2,(H,24,27)/t17-,18?/m1/s1. The molecule has 1 amide bonds. The van der Waals surface area contributed by atoms with Gasteiger partial charge in [0, 0.05) is 44.3 Å². The van der Waals surface area contributed by atoms with Gasteiger partial charge in [0.05, 0.1) is 11.6 Å². The molecule has 2 atom stereocenters. The second-order valence-electron chi connectivity index (χ2n) is 7.05. The molecule has 0 aromatic carbocycles. The first-order valence-corrected chi connectivity index (χ1v) is 9.33. The Bertz CT molecular complexity index is 832. The molecule has 2 aromatic heterocycles. The zero-order valence-electron chi connectivity index (χ0n) is 15.1. The number of hydrogen-bond acceptors (Lipinski definition) is 6. The van der Waals surface area contributed by atoms with Crippen molar-refractivity contribution in [2.45, 2.75) is 31.3 Å². The Labute approximate surface area is 158 Å². The van der Waals surface area contributed by atoms with Crippen LogP contribution in [0, 0.1) is 11.5 Å². The number of anilines is 1. The van der Waals surface area contributed by atoms with Crippen LogP contribution in [0.1, 0.15) is 41.2 Å². The molecule has 0 bridgehead atoms. The third kappa shape index (κ3) is 3.70. The van der Waals surface area contributed by atoms with E-state index >= 15 is 0 Å². The molecule has 7 nitrogen and oxygen atoms in total. The lowest BCUT2D eigenvalue weighted by atomic mass is 10.1. The van der Waals surface area contributed by atoms with Crippen LogP contribution in [0.4, 0.5) is 5.82 Å². The van der Waals surface area contributed by atoms with Gasteiger partial charge in [-0.15, -0.1) is 0 Å². The Balaban J connectivity index is 1.43. The van der Waals surface area contributed by atoms with E-state index in [0.717, 1.165) is 31.6 Å². The van der Waals surface area contributed by atoms with E-state index in [1.54, 1.807) is 17.3 Å². The first kappa shape index (κ1) is 17.3. The van der Waals surface area contributed by atoms with E-state index in [4.69, 9.17) is 5.26 Å². The normalized spacial score (nSPS) is 21.9. The van der Waals surface area contributed by atoms with Crippen molar-refractivity contribution in [1.29, 1.82) is 5.26 Å². The van der Waals surface area contributed by atoms with Crippen LogP contribution in [0.2, 0.25) is 0 Å². The fraction of sp³-hybridized carbons (Fsp3) is 0.400. The number of rotatable bonds is 4. The Kier molecular flexibility index (Phi) is 4.88. The number of nitrogens with zero attached hydrogens (tertiary/aromatic N) is 5. The molecule has 2 aliphatic rings. The van der Waals surface area contributed by atoms with Gasteiger partial charge in [0.2, 0.25) is 0 Å². The summed E-state index contributed by atoms with van der Waals surface area (Å²) < 4.78 is 0. The van der Waals surface area contributed by atoms with Crippen molar-refractivity contribution in [2.75, 3.05) is 24.5 Å². The molecule has 0 spiro atoms. The molecule has 0 radical (unpaired) electrons. The number of pyridine rings is 2. The fourth-order valence-electron chi connectivity index (χ4n) is 3.89. The van der Waals surface area contributed by atoms with Crippen LogP contribution < -0.4 is 10.2 Å². The molecule has 27 heavy (non-hydrogen) atoms. The highest BCUT2D eigenvalue weighted by atomic mass is 16.1. The number of hydrogen-bond donors (Lipinski definition) is 1. The second kappa shape index (κ2) is 7.62. The lowest BCUT2D eigenvalue weighted by Crippen LogP contribution is -2.36. The van der Waals surface area contributed by atoms with E-state index in [-0.39, 0.29) is 18.0 Å². The quantitative estimate of drug-likeness (QED) is 0.839. The summed E-state index contributed by atoms with van der Waals surface area (Å²) in [6, 6.07) is 8.10. The van der Waals surface area contributed by atoms with E-state index in [2.05, 4.69) is 32.4 Å². The highest BCUT2D eigenvalue weighted by Crippen LogP contribution is 2.34. The maximum Gasteiger partial charge on any atom is 0.253 e. The summed E-state index contributed by atoms with van der Waals surface area (Å²) in [5.41, 5.74) is 1.74. The molecule has 0 aliphatic carbocycles. The lowest BCUT2D eigenvalue weighted by molar-refractivity contribution is 0.0938. The number of aromatic nitrogens is 2. The zero-order chi connectivity index (χ0) is 18.6. The maximum atomic E-state index is 12.4. The predicted molar refractivity (Wildman–Crippen MR) is 101 cm³/mol. The predicted octanol–water partition coefficient (Wildman–Crippen LogP) is 2.10. The fourth-order valence-corrected chi connectivity index (χ4v) is 3.89. The van der Waals surface area contributed by atoms with Crippen LogP contribution in [0.3, 0.4) is 0 Å². The van der Waals surface area contributed by atoms with Crippen molar-refractivity contribution in [1.82, 2.24) is 20.2 Å². The highest BCUT2D eigenvalue weighted by Gasteiger charge is 2.28. The first-order chi connectivity index (χ1) is 13.2. The third-order valence-electron chi connectivity index (χ3n) is 5.29. The van der Waals surface area contributed by atoms with E-state index in [9.17, 15) is 4.79 Å². The monoisotopic (exact) mass is 362 g/mol. The van der Waals surface area contributed by atoms with Gasteiger partial charge in [0.1, 0.15) is 5.82 Å². The van der Waals surface area contributed by atoms with Crippen LogP contribution in [-0.4, -0.2) is 46.5 Å². The van der Waals surface area contributed by atoms with Gasteiger partial charge in [-0.05, 0) is 43.0 Å². The Hall–Kier alpha value is -3.14. The molecule has 7 heteroatoms. The van der Waals surface area contributed by atoms with Crippen LogP contribution in [0.5, 0.6) is 0 Å². The lowest BCUT2D eigenvalue weighted by Gasteiger charge is -2.26. The summed E-state index contributed by atoms with van der Waals surface area (Å²) in [6.07, 6.45) is 10.4. The van der Waals surface area contributed by atoms with Gasteiger partial charge in [-0.2, -0.15) is 5.26 Å². The van der Waals surface area contributed by atoms with E-state index in [0.29, 0.717) is 18.7 Å². The van der Waals surface area contributed by atoms with Crippen molar-refractivity contribution in [3.05, 3.63) is 54.0 Å². The van der Waals surface area contributed by atoms with Gasteiger partial charge < -0.3 is 15.1 Å². The molecular weight excluding hydrogens is 340 g/mol. The topological polar surface area (TPSA) is 85.2 Å². The number of nitrogens with one attached hydrogen (secondary N) is 1. The summed E-state index contributed by atoms with van der Waals surface area (Å²) >= 11 is 0. The van der Waals surface area contributed by atoms with E-state index in [1.165, 1.54) is 5.56 Å². The van der Waals surface area contributed by atoms with E-state index in [1.807, 2.05) is 24.4 Å². The second-order valence-corrected chi connectivity index (χ2v) is 7.05. The summed E-state index contributed by atoms with van der Waals surface area (Å²) in [5.74, 6) is 0.749. The summed E-state index contributed by atoms with van der Waals surface area (Å²) in [6.45, 7) is 2.22. The molecule has 2 aliphatic heterocycles. The van der Waals surface area contributed by atoms with Gasteiger partial charge in [0.25, 0.3) is 5.91 Å². The van der Waals surface area contributed by atoms with Crippen LogP contribution in [0.15, 0.2) is 42.9 Å². The number of amides is 1. The minimum atomic E-state index is -0.135. The number of likely N-dealkylation sites (tertiary alicyclic amines) is 1. The van der Waals surface area contributed by atoms with Crippen LogP contribution >= 0.6 is 0 Å². The summed E-state index contributed by atoms with van der Waals surface area (Å²) in [5, 5.41) is 11.9. The molecule has 1 unspecified atom stereocenters. The number of carbonyl (C=O) groups is 1. The Morgan fingerprint density at radius 2 is 2.15 bits per heavy atom. The van der Waals surface area contributed by atoms with Crippen LogP contribution in [-0.2, 0) is 0 Å². The first-order valence-electron chi connectivity index (χ1n) is 9.33. The molecule has 2 saturated heterocycles. The molecule has 0 saturated carbocycles. The third-order valence-corrected chi connectivity index (χ3v) is 5.29. The molecular formula is C20H22N6O. The minimum absolute atomic E-state index is 0.0189. The van der Waals surface area contributed by atoms with Gasteiger partial charge in [-0.3, -0.25) is 9.78 Å². The molecule has 1 N–H and O–H groups in total. The van der Waals surface area contributed by atoms with Crippen molar-refractivity contribution in [2.24, 2.45) is 0 Å². The Morgan fingerprint density at radius 1 is 1.22 bits per heavy atom. The van der Waals surface area contributed by atoms with Gasteiger partial charge >= 0.3 is 0 Å². The van der Waals surface area contributed by atoms with Gasteiger partial charge in [-0.25, -0.2) is 4.98 Å². The van der Waals surface area contributed by atoms with E-state index < -0.39 is 0 Å². The molecule has 2 fully saturated rings. The van der Waals surface area contributed by atoms with Gasteiger partial charge in [-0.1, -0.05) is 6.07 Å². The SMILES string of the molecule is N#CN1CC[C@@H](NC(=O)c2ccc(N3CCCC3c3cccnc3)nc2)C1. The van der Waals surface area contributed by atoms with Crippen molar-refractivity contribution in [3.63, 3.8) is 0 Å². The highest BCUT2D eigenvalue weighted by molar-refractivity contribution is 5.94. The van der Waals surface area contributed by atoms with Crippen LogP contribution in [0.25, 0.3) is 0 Å². The minimum Gasteiger partial charge on any atom is -0.350 e. The Morgan fingerprint density at radius 3 is 2.85 bits per heavy atom. The number of nitriles is 1. The van der Waals surface area contributed by atoms with Gasteiger partial charge in [0.15, 0.2) is 6.19 Å². The molecule has 2 aromatic rings. The smallest absolute Gasteiger partial charge is 0.253 e. The average molecular weight is 362 g/mol.